The SMILES string of the molecule is CCCCNC.Cc1cc(CN(C)CCN(C)Cc2cc(C)cc(C3(C)c4ccccc4-c4ccccc43)c2O)c(O)c(C2(C)c3ccccc3-c3ccccc32)c1.Cc1ccc(O)c(C2(C)c3ccccc3-c3ccccc32)c1. The topological polar surface area (TPSA) is 79.2 Å². The van der Waals surface area contributed by atoms with Gasteiger partial charge in [0.1, 0.15) is 17.2 Å². The van der Waals surface area contributed by atoms with Crippen LogP contribution in [0.15, 0.2) is 188 Å². The number of rotatable bonds is 13. The van der Waals surface area contributed by atoms with E-state index in [1.165, 1.54) is 79.6 Å². The highest BCUT2D eigenvalue weighted by Gasteiger charge is 2.45. The van der Waals surface area contributed by atoms with Gasteiger partial charge in [-0.1, -0.05) is 212 Å². The van der Waals surface area contributed by atoms with Crippen molar-refractivity contribution in [1.29, 1.82) is 0 Å². The fraction of sp³-hybridized carbons (Fsp3) is 0.270. The van der Waals surface area contributed by atoms with Crippen molar-refractivity contribution in [1.82, 2.24) is 15.1 Å². The number of likely N-dealkylation sites (N-methyl/N-ethyl adjacent to an activating group) is 2. The smallest absolute Gasteiger partial charge is 0.124 e. The average Bonchev–Trinajstić information content (AvgIpc) is 4.14. The highest BCUT2D eigenvalue weighted by Crippen LogP contribution is 2.57. The molecule has 9 aromatic carbocycles. The van der Waals surface area contributed by atoms with Crippen LogP contribution in [-0.4, -0.2) is 65.9 Å². The fourth-order valence-corrected chi connectivity index (χ4v) is 13.4. The Balaban J connectivity index is 0.000000211. The molecule has 12 rings (SSSR count). The van der Waals surface area contributed by atoms with Crippen LogP contribution in [0.1, 0.15) is 118 Å². The molecular formula is C74H79N3O3. The standard InChI is InChI=1S/C48H48N2O2.C21H18O.C5H13N/c1-31-25-33(45(51)43(27-31)47(3)39-19-11-7-15-35(39)36-16-8-12-20-40(36)47)29-49(5)23-24-50(6)30-34-26-32(2)28-44(46(34)52)48(4)41-21-13-9-17-37(41)38-18-10-14-22-42(38)48;1-14-11-12-20(22)19(13-14)21(2)17-9-5-3-7-15(17)16-8-4-6-10-18(16)21;1-3-4-5-6-2/h7-22,25-28,51-52H,23-24,29-30H2,1-6H3;3-13,22H,1-2H3;6H,3-5H2,1-2H3. The van der Waals surface area contributed by atoms with Crippen LogP contribution in [-0.2, 0) is 29.3 Å². The van der Waals surface area contributed by atoms with Crippen LogP contribution in [0.5, 0.6) is 17.2 Å². The van der Waals surface area contributed by atoms with Gasteiger partial charge in [-0.3, -0.25) is 0 Å². The highest BCUT2D eigenvalue weighted by molar-refractivity contribution is 5.86. The van der Waals surface area contributed by atoms with Crippen molar-refractivity contribution in [2.75, 3.05) is 40.8 Å². The summed E-state index contributed by atoms with van der Waals surface area (Å²) in [7, 11) is 6.22. The molecule has 6 nitrogen and oxygen atoms in total. The first kappa shape index (κ1) is 55.6. The molecule has 4 N–H and O–H groups in total. The minimum absolute atomic E-state index is 0.316. The molecule has 3 aliphatic carbocycles. The molecule has 0 aliphatic heterocycles. The van der Waals surface area contributed by atoms with E-state index in [0.717, 1.165) is 64.1 Å². The summed E-state index contributed by atoms with van der Waals surface area (Å²) in [6, 6.07) is 65.9. The first-order chi connectivity index (χ1) is 38.5. The van der Waals surface area contributed by atoms with Gasteiger partial charge in [-0.05, 0) is 148 Å². The monoisotopic (exact) mass is 1060 g/mol. The number of fused-ring (bicyclic) bond motifs is 9. The van der Waals surface area contributed by atoms with Crippen molar-refractivity contribution < 1.29 is 15.3 Å². The molecule has 80 heavy (non-hydrogen) atoms. The van der Waals surface area contributed by atoms with Gasteiger partial charge in [-0.25, -0.2) is 0 Å². The Morgan fingerprint density at radius 3 is 0.988 bits per heavy atom. The van der Waals surface area contributed by atoms with E-state index >= 15 is 0 Å². The zero-order valence-corrected chi connectivity index (χ0v) is 48.6. The van der Waals surface area contributed by atoms with Gasteiger partial charge in [0.2, 0.25) is 0 Å². The first-order valence-electron chi connectivity index (χ1n) is 28.6. The second kappa shape index (κ2) is 22.8. The molecule has 0 atom stereocenters. The van der Waals surface area contributed by atoms with Crippen molar-refractivity contribution in [2.45, 2.75) is 90.6 Å². The van der Waals surface area contributed by atoms with E-state index in [0.29, 0.717) is 30.3 Å². The lowest BCUT2D eigenvalue weighted by molar-refractivity contribution is 0.243. The Kier molecular flexibility index (Phi) is 15.8. The summed E-state index contributed by atoms with van der Waals surface area (Å²) >= 11 is 0. The summed E-state index contributed by atoms with van der Waals surface area (Å²) in [5.74, 6) is 1.11. The summed E-state index contributed by atoms with van der Waals surface area (Å²) < 4.78 is 0. The molecule has 0 unspecified atom stereocenters. The summed E-state index contributed by atoms with van der Waals surface area (Å²) in [6.45, 7) is 19.3. The minimum atomic E-state index is -0.453. The number of phenols is 3. The third kappa shape index (κ3) is 9.82. The minimum Gasteiger partial charge on any atom is -0.508 e. The molecule has 6 heteroatoms. The van der Waals surface area contributed by atoms with Crippen molar-refractivity contribution in [2.24, 2.45) is 0 Å². The van der Waals surface area contributed by atoms with Gasteiger partial charge in [0.15, 0.2) is 0 Å². The number of unbranched alkanes of at least 4 members (excludes halogenated alkanes) is 1. The summed E-state index contributed by atoms with van der Waals surface area (Å²) in [4.78, 5) is 4.56. The van der Waals surface area contributed by atoms with Crippen LogP contribution in [0.4, 0.5) is 0 Å². The van der Waals surface area contributed by atoms with Gasteiger partial charge in [0, 0.05) is 70.2 Å². The quantitative estimate of drug-likeness (QED) is 0.0862. The maximum absolute atomic E-state index is 12.0. The van der Waals surface area contributed by atoms with Crippen LogP contribution in [0, 0.1) is 20.8 Å². The zero-order chi connectivity index (χ0) is 56.5. The van der Waals surface area contributed by atoms with E-state index < -0.39 is 10.8 Å². The summed E-state index contributed by atoms with van der Waals surface area (Å²) in [6.07, 6.45) is 2.59. The second-order valence-corrected chi connectivity index (χ2v) is 23.2. The molecule has 0 saturated heterocycles. The molecule has 3 aliphatic rings. The molecule has 0 fully saturated rings. The molecule has 0 radical (unpaired) electrons. The third-order valence-electron chi connectivity index (χ3n) is 17.6. The number of benzene rings is 9. The lowest BCUT2D eigenvalue weighted by atomic mass is 9.73. The maximum atomic E-state index is 12.0. The first-order valence-corrected chi connectivity index (χ1v) is 28.6. The Morgan fingerprint density at radius 2 is 0.688 bits per heavy atom. The summed E-state index contributed by atoms with van der Waals surface area (Å²) in [5.41, 5.74) is 21.9. The van der Waals surface area contributed by atoms with Gasteiger partial charge in [0.05, 0.1) is 0 Å². The van der Waals surface area contributed by atoms with Gasteiger partial charge in [-0.15, -0.1) is 0 Å². The molecule has 0 saturated carbocycles. The summed E-state index contributed by atoms with van der Waals surface area (Å²) in [5, 5.41) is 37.5. The molecule has 0 aromatic heterocycles. The maximum Gasteiger partial charge on any atom is 0.124 e. The number of phenolic OH excluding ortho intramolecular Hbond substituents is 3. The Morgan fingerprint density at radius 1 is 0.388 bits per heavy atom. The molecule has 0 amide bonds. The van der Waals surface area contributed by atoms with E-state index in [9.17, 15) is 15.3 Å². The lowest BCUT2D eigenvalue weighted by Gasteiger charge is -2.31. The van der Waals surface area contributed by atoms with Crippen molar-refractivity contribution in [3.05, 3.63) is 266 Å². The van der Waals surface area contributed by atoms with Gasteiger partial charge in [0.25, 0.3) is 0 Å². The average molecular weight is 1060 g/mol. The Hall–Kier alpha value is -7.74. The fourth-order valence-electron chi connectivity index (χ4n) is 13.4. The number of nitrogens with zero attached hydrogens (tertiary/aromatic N) is 2. The van der Waals surface area contributed by atoms with Crippen molar-refractivity contribution in [3.8, 4) is 50.6 Å². The van der Waals surface area contributed by atoms with Gasteiger partial charge >= 0.3 is 0 Å². The number of hydrogen-bond donors (Lipinski definition) is 4. The van der Waals surface area contributed by atoms with Crippen LogP contribution in [0.25, 0.3) is 33.4 Å². The van der Waals surface area contributed by atoms with E-state index in [1.807, 2.05) is 13.1 Å². The molecule has 0 bridgehead atoms. The van der Waals surface area contributed by atoms with Crippen molar-refractivity contribution in [3.63, 3.8) is 0 Å². The van der Waals surface area contributed by atoms with Crippen LogP contribution in [0.3, 0.4) is 0 Å². The highest BCUT2D eigenvalue weighted by atomic mass is 16.3. The molecule has 9 aromatic rings. The number of aromatic hydroxyl groups is 3. The van der Waals surface area contributed by atoms with E-state index in [-0.39, 0.29) is 5.41 Å². The van der Waals surface area contributed by atoms with Gasteiger partial charge < -0.3 is 30.4 Å². The molecule has 0 heterocycles. The van der Waals surface area contributed by atoms with Crippen LogP contribution in [0.2, 0.25) is 0 Å². The molecule has 408 valence electrons. The second-order valence-electron chi connectivity index (χ2n) is 23.2. The van der Waals surface area contributed by atoms with Crippen LogP contribution < -0.4 is 5.32 Å². The van der Waals surface area contributed by atoms with Gasteiger partial charge in [-0.2, -0.15) is 0 Å². The number of hydrogen-bond acceptors (Lipinski definition) is 6. The Bertz CT molecular complexity index is 3420. The van der Waals surface area contributed by atoms with Crippen molar-refractivity contribution >= 4 is 0 Å². The molecule has 0 spiro atoms. The zero-order valence-electron chi connectivity index (χ0n) is 48.6. The normalized spacial score (nSPS) is 14.2. The van der Waals surface area contributed by atoms with Crippen LogP contribution >= 0.6 is 0 Å². The number of aryl methyl sites for hydroxylation is 3. The number of nitrogens with one attached hydrogen (secondary N) is 1. The van der Waals surface area contributed by atoms with E-state index in [1.54, 1.807) is 6.07 Å². The molecular weight excluding hydrogens is 979 g/mol. The third-order valence-corrected chi connectivity index (χ3v) is 17.6. The largest absolute Gasteiger partial charge is 0.508 e. The predicted octanol–water partition coefficient (Wildman–Crippen LogP) is 16.0. The van der Waals surface area contributed by atoms with E-state index in [4.69, 9.17) is 0 Å². The lowest BCUT2D eigenvalue weighted by Crippen LogP contribution is -2.31. The predicted molar refractivity (Wildman–Crippen MR) is 332 cm³/mol. The van der Waals surface area contributed by atoms with E-state index in [2.05, 4.69) is 254 Å². The Labute approximate surface area is 476 Å².